The predicted molar refractivity (Wildman–Crippen MR) is 97.1 cm³/mol. The first-order valence-electron chi connectivity index (χ1n) is 8.39. The van der Waals surface area contributed by atoms with E-state index in [9.17, 15) is 9.59 Å². The largest absolute Gasteiger partial charge is 0.477 e. The minimum Gasteiger partial charge on any atom is -0.477 e. The number of benzene rings is 1. The van der Waals surface area contributed by atoms with Gasteiger partial charge in [0.2, 0.25) is 5.88 Å². The normalized spacial score (nSPS) is 10.2. The number of hydrogen-bond donors (Lipinski definition) is 1. The lowest BCUT2D eigenvalue weighted by atomic mass is 10.1. The molecule has 132 valence electrons. The SMILES string of the molecule is CCOc1ncccc1C(=O)Nc1ccc(C(=O)N(CC)CC)cc1. The molecule has 1 aromatic carbocycles. The molecule has 0 aliphatic heterocycles. The van der Waals surface area contributed by atoms with Crippen molar-refractivity contribution in [1.82, 2.24) is 9.88 Å². The van der Waals surface area contributed by atoms with E-state index in [0.29, 0.717) is 42.4 Å². The number of carbonyl (C=O) groups is 2. The highest BCUT2D eigenvalue weighted by molar-refractivity contribution is 6.06. The zero-order valence-electron chi connectivity index (χ0n) is 14.8. The fourth-order valence-electron chi connectivity index (χ4n) is 2.40. The number of nitrogens with one attached hydrogen (secondary N) is 1. The number of hydrogen-bond acceptors (Lipinski definition) is 4. The average Bonchev–Trinajstić information content (AvgIpc) is 2.64. The van der Waals surface area contributed by atoms with E-state index < -0.39 is 0 Å². The Morgan fingerprint density at radius 3 is 2.36 bits per heavy atom. The van der Waals surface area contributed by atoms with Gasteiger partial charge < -0.3 is 15.0 Å². The summed E-state index contributed by atoms with van der Waals surface area (Å²) >= 11 is 0. The summed E-state index contributed by atoms with van der Waals surface area (Å²) in [6.07, 6.45) is 1.58. The van der Waals surface area contributed by atoms with Crippen LogP contribution in [0.25, 0.3) is 0 Å². The minimum absolute atomic E-state index is 0.0197. The molecule has 0 aliphatic rings. The molecule has 6 nitrogen and oxygen atoms in total. The van der Waals surface area contributed by atoms with Crippen LogP contribution in [0.3, 0.4) is 0 Å². The number of rotatable bonds is 7. The standard InChI is InChI=1S/C19H23N3O3/c1-4-22(5-2)19(24)14-9-11-15(12-10-14)21-17(23)16-8-7-13-20-18(16)25-6-3/h7-13H,4-6H2,1-3H3,(H,21,23). The molecule has 2 rings (SSSR count). The maximum absolute atomic E-state index is 12.4. The van der Waals surface area contributed by atoms with Gasteiger partial charge in [0, 0.05) is 30.5 Å². The molecule has 0 bridgehead atoms. The second-order valence-corrected chi connectivity index (χ2v) is 5.30. The minimum atomic E-state index is -0.306. The van der Waals surface area contributed by atoms with E-state index in [1.165, 1.54) is 0 Å². The number of anilines is 1. The molecule has 0 atom stereocenters. The van der Waals surface area contributed by atoms with E-state index >= 15 is 0 Å². The molecule has 0 saturated heterocycles. The summed E-state index contributed by atoms with van der Waals surface area (Å²) in [6, 6.07) is 10.2. The first-order valence-corrected chi connectivity index (χ1v) is 8.39. The van der Waals surface area contributed by atoms with Gasteiger partial charge in [0.25, 0.3) is 11.8 Å². The summed E-state index contributed by atoms with van der Waals surface area (Å²) in [5.74, 6) is -0.0241. The average molecular weight is 341 g/mol. The monoisotopic (exact) mass is 341 g/mol. The van der Waals surface area contributed by atoms with E-state index in [4.69, 9.17) is 4.74 Å². The number of pyridine rings is 1. The van der Waals surface area contributed by atoms with Crippen LogP contribution in [-0.2, 0) is 0 Å². The van der Waals surface area contributed by atoms with E-state index in [1.807, 2.05) is 20.8 Å². The Balaban J connectivity index is 2.11. The summed E-state index contributed by atoms with van der Waals surface area (Å²) in [5.41, 5.74) is 1.57. The van der Waals surface area contributed by atoms with Crippen molar-refractivity contribution in [3.8, 4) is 5.88 Å². The van der Waals surface area contributed by atoms with Crippen molar-refractivity contribution in [2.45, 2.75) is 20.8 Å². The van der Waals surface area contributed by atoms with Crippen LogP contribution in [-0.4, -0.2) is 41.4 Å². The molecular formula is C19H23N3O3. The predicted octanol–water partition coefficient (Wildman–Crippen LogP) is 3.21. The first-order chi connectivity index (χ1) is 12.1. The van der Waals surface area contributed by atoms with Crippen molar-refractivity contribution >= 4 is 17.5 Å². The highest BCUT2D eigenvalue weighted by Crippen LogP contribution is 2.18. The fraction of sp³-hybridized carbons (Fsp3) is 0.316. The zero-order chi connectivity index (χ0) is 18.2. The van der Waals surface area contributed by atoms with Gasteiger partial charge >= 0.3 is 0 Å². The van der Waals surface area contributed by atoms with Crippen molar-refractivity contribution in [1.29, 1.82) is 0 Å². The fourth-order valence-corrected chi connectivity index (χ4v) is 2.40. The molecule has 0 radical (unpaired) electrons. The summed E-state index contributed by atoms with van der Waals surface area (Å²) in [7, 11) is 0. The van der Waals surface area contributed by atoms with Crippen molar-refractivity contribution in [2.24, 2.45) is 0 Å². The molecule has 2 amide bonds. The molecule has 0 aliphatic carbocycles. The molecule has 1 N–H and O–H groups in total. The number of ether oxygens (including phenoxy) is 1. The Labute approximate surface area is 147 Å². The van der Waals surface area contributed by atoms with Gasteiger partial charge in [-0.3, -0.25) is 9.59 Å². The summed E-state index contributed by atoms with van der Waals surface area (Å²) in [4.78, 5) is 30.5. The van der Waals surface area contributed by atoms with Crippen LogP contribution in [0.1, 0.15) is 41.5 Å². The van der Waals surface area contributed by atoms with E-state index in [1.54, 1.807) is 47.5 Å². The van der Waals surface area contributed by atoms with Crippen molar-refractivity contribution in [2.75, 3.05) is 25.0 Å². The Bertz CT molecular complexity index is 725. The van der Waals surface area contributed by atoms with Crippen LogP contribution in [0.4, 0.5) is 5.69 Å². The Kier molecular flexibility index (Phi) is 6.51. The van der Waals surface area contributed by atoms with Gasteiger partial charge in [-0.05, 0) is 57.2 Å². The van der Waals surface area contributed by atoms with Crippen LogP contribution >= 0.6 is 0 Å². The molecule has 25 heavy (non-hydrogen) atoms. The summed E-state index contributed by atoms with van der Waals surface area (Å²) in [5, 5.41) is 2.80. The van der Waals surface area contributed by atoms with Gasteiger partial charge in [-0.1, -0.05) is 0 Å². The van der Waals surface area contributed by atoms with Crippen LogP contribution in [0.5, 0.6) is 5.88 Å². The van der Waals surface area contributed by atoms with Crippen LogP contribution in [0.15, 0.2) is 42.6 Å². The number of aromatic nitrogens is 1. The van der Waals surface area contributed by atoms with Crippen molar-refractivity contribution in [3.63, 3.8) is 0 Å². The summed E-state index contributed by atoms with van der Waals surface area (Å²) < 4.78 is 5.38. The van der Waals surface area contributed by atoms with E-state index in [2.05, 4.69) is 10.3 Å². The van der Waals surface area contributed by atoms with Gasteiger partial charge in [-0.2, -0.15) is 0 Å². The Morgan fingerprint density at radius 2 is 1.76 bits per heavy atom. The maximum atomic E-state index is 12.4. The Morgan fingerprint density at radius 1 is 1.08 bits per heavy atom. The van der Waals surface area contributed by atoms with Crippen molar-refractivity contribution in [3.05, 3.63) is 53.7 Å². The molecule has 0 saturated carbocycles. The van der Waals surface area contributed by atoms with Crippen LogP contribution in [0, 0.1) is 0 Å². The highest BCUT2D eigenvalue weighted by atomic mass is 16.5. The number of nitrogens with zero attached hydrogens (tertiary/aromatic N) is 2. The lowest BCUT2D eigenvalue weighted by molar-refractivity contribution is 0.0773. The van der Waals surface area contributed by atoms with E-state index in [-0.39, 0.29) is 11.8 Å². The lowest BCUT2D eigenvalue weighted by Gasteiger charge is -2.18. The maximum Gasteiger partial charge on any atom is 0.261 e. The third-order valence-electron chi connectivity index (χ3n) is 3.74. The summed E-state index contributed by atoms with van der Waals surface area (Å²) in [6.45, 7) is 7.48. The third kappa shape index (κ3) is 4.56. The van der Waals surface area contributed by atoms with Gasteiger partial charge in [0.1, 0.15) is 5.56 Å². The molecular weight excluding hydrogens is 318 g/mol. The second kappa shape index (κ2) is 8.82. The highest BCUT2D eigenvalue weighted by Gasteiger charge is 2.15. The Hall–Kier alpha value is -2.89. The van der Waals surface area contributed by atoms with Crippen molar-refractivity contribution < 1.29 is 14.3 Å². The molecule has 1 aromatic heterocycles. The molecule has 0 fully saturated rings. The third-order valence-corrected chi connectivity index (χ3v) is 3.74. The van der Waals surface area contributed by atoms with Gasteiger partial charge in [-0.15, -0.1) is 0 Å². The van der Waals surface area contributed by atoms with E-state index in [0.717, 1.165) is 0 Å². The molecule has 6 heteroatoms. The van der Waals surface area contributed by atoms with Crippen LogP contribution in [0.2, 0.25) is 0 Å². The lowest BCUT2D eigenvalue weighted by Crippen LogP contribution is -2.30. The number of amides is 2. The number of carbonyl (C=O) groups excluding carboxylic acids is 2. The first kappa shape index (κ1) is 18.4. The topological polar surface area (TPSA) is 71.5 Å². The van der Waals surface area contributed by atoms with Gasteiger partial charge in [0.15, 0.2) is 0 Å². The molecule has 1 heterocycles. The zero-order valence-corrected chi connectivity index (χ0v) is 14.8. The molecule has 0 unspecified atom stereocenters. The van der Waals surface area contributed by atoms with Crippen LogP contribution < -0.4 is 10.1 Å². The smallest absolute Gasteiger partial charge is 0.261 e. The second-order valence-electron chi connectivity index (χ2n) is 5.30. The molecule has 2 aromatic rings. The van der Waals surface area contributed by atoms with Gasteiger partial charge in [-0.25, -0.2) is 4.98 Å². The molecule has 0 spiro atoms. The van der Waals surface area contributed by atoms with Gasteiger partial charge in [0.05, 0.1) is 6.61 Å². The quantitative estimate of drug-likeness (QED) is 0.839.